The highest BCUT2D eigenvalue weighted by molar-refractivity contribution is 6.42. The third-order valence-electron chi connectivity index (χ3n) is 3.96. The smallest absolute Gasteiger partial charge is 0.223 e. The molecule has 0 saturated carbocycles. The number of nitrogens with zero attached hydrogens (tertiary/aromatic N) is 2. The Bertz CT molecular complexity index is 613. The van der Waals surface area contributed by atoms with E-state index in [1.54, 1.807) is 31.1 Å². The minimum Gasteiger partial charge on any atom is -0.496 e. The molecule has 0 aromatic heterocycles. The molecule has 0 N–H and O–H groups in total. The van der Waals surface area contributed by atoms with Crippen LogP contribution in [0.3, 0.4) is 0 Å². The number of halogens is 2. The van der Waals surface area contributed by atoms with E-state index < -0.39 is 0 Å². The fourth-order valence-electron chi connectivity index (χ4n) is 2.77. The van der Waals surface area contributed by atoms with Crippen molar-refractivity contribution < 1.29 is 9.53 Å². The summed E-state index contributed by atoms with van der Waals surface area (Å²) in [6.45, 7) is 2.99. The summed E-state index contributed by atoms with van der Waals surface area (Å²) >= 11 is 12.4. The molecule has 0 bridgehead atoms. The number of methoxy groups -OCH3 is 1. The molecule has 6 heteroatoms. The fourth-order valence-corrected chi connectivity index (χ4v) is 3.24. The molecular formula is C16H18Cl2N2O2. The standard InChI is InChI=1S/C16H18Cl2N2O2/c1-10(8-19)7-14(21)20-6-5-11(9-20)15-13(22-2)4-3-12(17)16(15)18/h3-4,10-11H,5-7,9H2,1-2H3/t10?,11-/m0/s1. The van der Waals surface area contributed by atoms with Gasteiger partial charge in [-0.25, -0.2) is 0 Å². The topological polar surface area (TPSA) is 53.3 Å². The average Bonchev–Trinajstić information content (AvgIpc) is 2.99. The number of hydrogen-bond donors (Lipinski definition) is 0. The van der Waals surface area contributed by atoms with Gasteiger partial charge in [0.2, 0.25) is 5.91 Å². The van der Waals surface area contributed by atoms with Crippen molar-refractivity contribution in [2.24, 2.45) is 5.92 Å². The third-order valence-corrected chi connectivity index (χ3v) is 4.78. The van der Waals surface area contributed by atoms with Crippen molar-refractivity contribution in [3.8, 4) is 11.8 Å². The van der Waals surface area contributed by atoms with Gasteiger partial charge in [0, 0.05) is 31.0 Å². The van der Waals surface area contributed by atoms with Gasteiger partial charge < -0.3 is 9.64 Å². The Morgan fingerprint density at radius 1 is 1.55 bits per heavy atom. The number of likely N-dealkylation sites (tertiary alicyclic amines) is 1. The summed E-state index contributed by atoms with van der Waals surface area (Å²) in [6, 6.07) is 5.60. The molecule has 0 spiro atoms. The molecule has 1 aromatic carbocycles. The second-order valence-corrected chi connectivity index (χ2v) is 6.32. The molecule has 0 aliphatic carbocycles. The summed E-state index contributed by atoms with van der Waals surface area (Å²) < 4.78 is 5.38. The van der Waals surface area contributed by atoms with Gasteiger partial charge in [0.25, 0.3) is 0 Å². The van der Waals surface area contributed by atoms with Crippen molar-refractivity contribution in [1.82, 2.24) is 4.90 Å². The SMILES string of the molecule is COc1ccc(Cl)c(Cl)c1[C@H]1CCN(C(=O)CC(C)C#N)C1. The van der Waals surface area contributed by atoms with E-state index in [0.29, 0.717) is 28.9 Å². The lowest BCUT2D eigenvalue weighted by atomic mass is 9.97. The van der Waals surface area contributed by atoms with Crippen LogP contribution in [-0.2, 0) is 4.79 Å². The normalized spacial score (nSPS) is 18.9. The third kappa shape index (κ3) is 3.48. The lowest BCUT2D eigenvalue weighted by Gasteiger charge is -2.19. The largest absolute Gasteiger partial charge is 0.496 e. The van der Waals surface area contributed by atoms with Crippen molar-refractivity contribution in [1.29, 1.82) is 5.26 Å². The summed E-state index contributed by atoms with van der Waals surface area (Å²) in [5, 5.41) is 9.80. The maximum atomic E-state index is 12.2. The number of nitriles is 1. The summed E-state index contributed by atoms with van der Waals surface area (Å²) in [5.41, 5.74) is 0.861. The predicted octanol–water partition coefficient (Wildman–Crippen LogP) is 3.87. The second-order valence-electron chi connectivity index (χ2n) is 5.54. The van der Waals surface area contributed by atoms with Crippen molar-refractivity contribution in [2.75, 3.05) is 20.2 Å². The summed E-state index contributed by atoms with van der Waals surface area (Å²) in [4.78, 5) is 14.0. The van der Waals surface area contributed by atoms with E-state index in [0.717, 1.165) is 12.0 Å². The highest BCUT2D eigenvalue weighted by Gasteiger charge is 2.31. The van der Waals surface area contributed by atoms with Crippen molar-refractivity contribution in [2.45, 2.75) is 25.7 Å². The zero-order chi connectivity index (χ0) is 16.3. The first-order valence-corrected chi connectivity index (χ1v) is 7.92. The summed E-state index contributed by atoms with van der Waals surface area (Å²) in [5.74, 6) is 0.533. The molecule has 22 heavy (non-hydrogen) atoms. The maximum Gasteiger partial charge on any atom is 0.223 e. The molecule has 1 fully saturated rings. The predicted molar refractivity (Wildman–Crippen MR) is 86.3 cm³/mol. The van der Waals surface area contributed by atoms with Crippen LogP contribution >= 0.6 is 23.2 Å². The fraction of sp³-hybridized carbons (Fsp3) is 0.500. The van der Waals surface area contributed by atoms with Crippen LogP contribution in [0.25, 0.3) is 0 Å². The highest BCUT2D eigenvalue weighted by Crippen LogP contribution is 2.41. The van der Waals surface area contributed by atoms with Crippen LogP contribution in [0, 0.1) is 17.2 Å². The van der Waals surface area contributed by atoms with Crippen LogP contribution in [0.5, 0.6) is 5.75 Å². The van der Waals surface area contributed by atoms with E-state index in [4.69, 9.17) is 33.2 Å². The van der Waals surface area contributed by atoms with Crippen LogP contribution in [0.4, 0.5) is 0 Å². The van der Waals surface area contributed by atoms with Crippen LogP contribution < -0.4 is 4.74 Å². The Balaban J connectivity index is 2.16. The zero-order valence-corrected chi connectivity index (χ0v) is 14.1. The minimum atomic E-state index is -0.268. The monoisotopic (exact) mass is 340 g/mol. The van der Waals surface area contributed by atoms with Crippen LogP contribution in [-0.4, -0.2) is 31.0 Å². The number of carbonyl (C=O) groups is 1. The first kappa shape index (κ1) is 16.9. The Kier molecular flexibility index (Phi) is 5.55. The first-order chi connectivity index (χ1) is 10.5. The number of benzene rings is 1. The summed E-state index contributed by atoms with van der Waals surface area (Å²) in [7, 11) is 1.59. The average molecular weight is 341 g/mol. The van der Waals surface area contributed by atoms with E-state index in [1.165, 1.54) is 0 Å². The molecule has 118 valence electrons. The number of ether oxygens (including phenoxy) is 1. The van der Waals surface area contributed by atoms with E-state index in [2.05, 4.69) is 6.07 Å². The molecular weight excluding hydrogens is 323 g/mol. The minimum absolute atomic E-state index is 0.00803. The lowest BCUT2D eigenvalue weighted by Crippen LogP contribution is -2.29. The highest BCUT2D eigenvalue weighted by atomic mass is 35.5. The molecule has 1 aliphatic rings. The van der Waals surface area contributed by atoms with E-state index >= 15 is 0 Å². The van der Waals surface area contributed by atoms with Crippen molar-refractivity contribution in [3.05, 3.63) is 27.7 Å². The van der Waals surface area contributed by atoms with Gasteiger partial charge in [0.15, 0.2) is 0 Å². The molecule has 1 aromatic rings. The van der Waals surface area contributed by atoms with Gasteiger partial charge in [0.05, 0.1) is 29.1 Å². The zero-order valence-electron chi connectivity index (χ0n) is 12.6. The molecule has 0 radical (unpaired) electrons. The van der Waals surface area contributed by atoms with Gasteiger partial charge >= 0.3 is 0 Å². The van der Waals surface area contributed by atoms with E-state index in [1.807, 2.05) is 0 Å². The van der Waals surface area contributed by atoms with Gasteiger partial charge in [-0.1, -0.05) is 23.2 Å². The Hall–Kier alpha value is -1.44. The number of amides is 1. The van der Waals surface area contributed by atoms with Gasteiger partial charge in [-0.2, -0.15) is 5.26 Å². The van der Waals surface area contributed by atoms with Gasteiger partial charge in [-0.15, -0.1) is 0 Å². The number of carbonyl (C=O) groups excluding carboxylic acids is 1. The van der Waals surface area contributed by atoms with Gasteiger partial charge in [-0.05, 0) is 25.5 Å². The van der Waals surface area contributed by atoms with Crippen LogP contribution in [0.1, 0.15) is 31.2 Å². The van der Waals surface area contributed by atoms with E-state index in [9.17, 15) is 4.79 Å². The Morgan fingerprint density at radius 2 is 2.27 bits per heavy atom. The first-order valence-electron chi connectivity index (χ1n) is 7.17. The molecule has 2 rings (SSSR count). The maximum absolute atomic E-state index is 12.2. The molecule has 1 amide bonds. The Morgan fingerprint density at radius 3 is 2.91 bits per heavy atom. The molecule has 1 unspecified atom stereocenters. The molecule has 2 atom stereocenters. The number of hydrogen-bond acceptors (Lipinski definition) is 3. The second kappa shape index (κ2) is 7.21. The van der Waals surface area contributed by atoms with Gasteiger partial charge in [0.1, 0.15) is 5.75 Å². The molecule has 4 nitrogen and oxygen atoms in total. The van der Waals surface area contributed by atoms with Gasteiger partial charge in [-0.3, -0.25) is 4.79 Å². The quantitative estimate of drug-likeness (QED) is 0.835. The van der Waals surface area contributed by atoms with Crippen LogP contribution in [0.2, 0.25) is 10.0 Å². The summed E-state index contributed by atoms with van der Waals surface area (Å²) in [6.07, 6.45) is 1.06. The lowest BCUT2D eigenvalue weighted by molar-refractivity contribution is -0.130. The molecule has 1 saturated heterocycles. The Labute approximate surface area is 140 Å². The van der Waals surface area contributed by atoms with Crippen LogP contribution in [0.15, 0.2) is 12.1 Å². The van der Waals surface area contributed by atoms with Crippen molar-refractivity contribution in [3.63, 3.8) is 0 Å². The number of rotatable bonds is 4. The molecule has 1 aliphatic heterocycles. The van der Waals surface area contributed by atoms with E-state index in [-0.39, 0.29) is 24.2 Å². The van der Waals surface area contributed by atoms with Crippen molar-refractivity contribution >= 4 is 29.1 Å². The molecule has 1 heterocycles.